The van der Waals surface area contributed by atoms with Gasteiger partial charge in [-0.3, -0.25) is 14.2 Å². The average Bonchev–Trinajstić information content (AvgIpc) is 3.37. The third kappa shape index (κ3) is 6.18. The molecule has 1 aliphatic rings. The van der Waals surface area contributed by atoms with Crippen molar-refractivity contribution in [1.82, 2.24) is 4.57 Å². The largest absolute Gasteiger partial charge is 0.497 e. The second-order valence-electron chi connectivity index (χ2n) is 10.3. The molecule has 1 aliphatic heterocycles. The number of thiazole rings is 1. The van der Waals surface area contributed by atoms with Crippen molar-refractivity contribution in [3.63, 3.8) is 0 Å². The Balaban J connectivity index is 1.39. The first-order valence-electron chi connectivity index (χ1n) is 14.2. The number of aromatic nitrogens is 1. The van der Waals surface area contributed by atoms with Crippen molar-refractivity contribution in [2.24, 2.45) is 4.99 Å². The van der Waals surface area contributed by atoms with Gasteiger partial charge in [0.25, 0.3) is 11.5 Å². The second kappa shape index (κ2) is 12.9. The Labute approximate surface area is 263 Å². The lowest BCUT2D eigenvalue weighted by Crippen LogP contribution is -2.40. The summed E-state index contributed by atoms with van der Waals surface area (Å²) in [6, 6.07) is 32.7. The highest BCUT2D eigenvalue weighted by atomic mass is 32.1. The molecule has 222 valence electrons. The van der Waals surface area contributed by atoms with Crippen LogP contribution in [0.15, 0.2) is 124 Å². The van der Waals surface area contributed by atoms with Gasteiger partial charge in [-0.05, 0) is 66.6 Å². The molecule has 45 heavy (non-hydrogen) atoms. The van der Waals surface area contributed by atoms with Crippen molar-refractivity contribution in [2.75, 3.05) is 12.4 Å². The minimum Gasteiger partial charge on any atom is -0.497 e. The number of hydrogen-bond donors (Lipinski definition) is 1. The number of nitrogens with one attached hydrogen (secondary N) is 1. The van der Waals surface area contributed by atoms with Crippen LogP contribution in [0.25, 0.3) is 6.08 Å². The molecule has 2 heterocycles. The predicted octanol–water partition coefficient (Wildman–Crippen LogP) is 5.33. The number of fused-ring (bicyclic) bond motifs is 1. The monoisotopic (exact) mass is 612 g/mol. The molecule has 4 aromatic carbocycles. The van der Waals surface area contributed by atoms with Crippen LogP contribution >= 0.6 is 11.3 Å². The van der Waals surface area contributed by atoms with E-state index in [0.29, 0.717) is 43.4 Å². The number of allylic oxidation sites excluding steroid dienone is 1. The maximum absolute atomic E-state index is 14.1. The zero-order valence-corrected chi connectivity index (χ0v) is 25.4. The Hall–Kier alpha value is -5.72. The van der Waals surface area contributed by atoms with E-state index < -0.39 is 6.04 Å². The van der Waals surface area contributed by atoms with E-state index in [1.54, 1.807) is 30.7 Å². The zero-order valence-electron chi connectivity index (χ0n) is 24.6. The minimum absolute atomic E-state index is 0.239. The first-order chi connectivity index (χ1) is 21.9. The van der Waals surface area contributed by atoms with E-state index in [-0.39, 0.29) is 18.1 Å². The molecule has 0 unspecified atom stereocenters. The van der Waals surface area contributed by atoms with Gasteiger partial charge in [0, 0.05) is 11.3 Å². The van der Waals surface area contributed by atoms with Crippen LogP contribution in [0.5, 0.6) is 11.5 Å². The molecule has 6 rings (SSSR count). The molecule has 0 aliphatic carbocycles. The van der Waals surface area contributed by atoms with E-state index in [1.165, 1.54) is 11.3 Å². The summed E-state index contributed by atoms with van der Waals surface area (Å²) in [4.78, 5) is 33.1. The summed E-state index contributed by atoms with van der Waals surface area (Å²) in [5.41, 5.74) is 4.12. The van der Waals surface area contributed by atoms with Gasteiger partial charge in [0.2, 0.25) is 0 Å². The molecule has 0 bridgehead atoms. The highest BCUT2D eigenvalue weighted by Crippen LogP contribution is 2.32. The number of rotatable bonds is 8. The number of amides is 1. The number of methoxy groups -OCH3 is 1. The van der Waals surface area contributed by atoms with Crippen molar-refractivity contribution < 1.29 is 14.3 Å². The van der Waals surface area contributed by atoms with E-state index in [2.05, 4.69) is 11.4 Å². The molecular formula is C36H28N4O4S. The predicted molar refractivity (Wildman–Crippen MR) is 174 cm³/mol. The molecule has 0 fully saturated rings. The standard InChI is InChI=1S/C36H28N4O4S/c1-23-32(34(41)39-28-14-4-3-5-15-28)33(25-13-9-16-29(20-25)43-2)40-35(42)31(45-36(40)38-23)19-24-10-8-17-30(18-24)44-22-27-12-7-6-11-26(27)21-37/h3-20,33H,22H2,1-2H3,(H,39,41)/b31-19-/t33-/m1/s1. The number of benzene rings is 4. The number of nitriles is 1. The zero-order chi connectivity index (χ0) is 31.3. The van der Waals surface area contributed by atoms with Crippen molar-refractivity contribution in [3.05, 3.63) is 156 Å². The molecule has 8 nitrogen and oxygen atoms in total. The first kappa shape index (κ1) is 29.4. The number of carbonyl (C=O) groups is 1. The van der Waals surface area contributed by atoms with Crippen molar-refractivity contribution in [2.45, 2.75) is 19.6 Å². The van der Waals surface area contributed by atoms with Gasteiger partial charge in [-0.2, -0.15) is 5.26 Å². The van der Waals surface area contributed by atoms with Gasteiger partial charge in [-0.15, -0.1) is 0 Å². The normalized spacial score (nSPS) is 14.2. The molecule has 1 N–H and O–H groups in total. The molecular weight excluding hydrogens is 584 g/mol. The highest BCUT2D eigenvalue weighted by molar-refractivity contribution is 7.07. The molecule has 1 amide bonds. The average molecular weight is 613 g/mol. The fourth-order valence-corrected chi connectivity index (χ4v) is 6.27. The smallest absolute Gasteiger partial charge is 0.271 e. The fraction of sp³-hybridized carbons (Fsp3) is 0.111. The third-order valence-electron chi connectivity index (χ3n) is 7.40. The lowest BCUT2D eigenvalue weighted by Gasteiger charge is -2.25. The summed E-state index contributed by atoms with van der Waals surface area (Å²) >= 11 is 1.26. The summed E-state index contributed by atoms with van der Waals surface area (Å²) < 4.78 is 13.5. The van der Waals surface area contributed by atoms with E-state index in [0.717, 1.165) is 16.7 Å². The van der Waals surface area contributed by atoms with Crippen LogP contribution in [0.4, 0.5) is 5.69 Å². The summed E-state index contributed by atoms with van der Waals surface area (Å²) in [5, 5.41) is 12.4. The molecule has 0 spiro atoms. The summed E-state index contributed by atoms with van der Waals surface area (Å²) in [5.74, 6) is 0.878. The number of carbonyl (C=O) groups excluding carboxylic acids is 1. The van der Waals surface area contributed by atoms with Crippen LogP contribution < -0.4 is 29.7 Å². The van der Waals surface area contributed by atoms with E-state index >= 15 is 0 Å². The van der Waals surface area contributed by atoms with E-state index in [4.69, 9.17) is 14.5 Å². The van der Waals surface area contributed by atoms with Gasteiger partial charge < -0.3 is 14.8 Å². The molecule has 9 heteroatoms. The Kier molecular flexibility index (Phi) is 8.40. The van der Waals surface area contributed by atoms with Crippen molar-refractivity contribution in [1.29, 1.82) is 5.26 Å². The molecule has 1 atom stereocenters. The van der Waals surface area contributed by atoms with Gasteiger partial charge in [0.05, 0.1) is 40.6 Å². The Bertz CT molecular complexity index is 2160. The number of para-hydroxylation sites is 1. The van der Waals surface area contributed by atoms with Crippen LogP contribution in [0.1, 0.15) is 35.2 Å². The van der Waals surface area contributed by atoms with Crippen LogP contribution in [0, 0.1) is 11.3 Å². The summed E-state index contributed by atoms with van der Waals surface area (Å²) in [6.45, 7) is 2.03. The second-order valence-corrected chi connectivity index (χ2v) is 11.3. The topological polar surface area (TPSA) is 106 Å². The minimum atomic E-state index is -0.725. The maximum atomic E-state index is 14.1. The van der Waals surface area contributed by atoms with Crippen molar-refractivity contribution >= 4 is 29.0 Å². The van der Waals surface area contributed by atoms with Crippen LogP contribution in [-0.4, -0.2) is 17.6 Å². The number of hydrogen-bond acceptors (Lipinski definition) is 7. The number of ether oxygens (including phenoxy) is 2. The molecule has 0 saturated heterocycles. The van der Waals surface area contributed by atoms with Gasteiger partial charge in [-0.25, -0.2) is 4.99 Å². The van der Waals surface area contributed by atoms with Gasteiger partial charge in [-0.1, -0.05) is 72.0 Å². The fourth-order valence-electron chi connectivity index (χ4n) is 5.22. The lowest BCUT2D eigenvalue weighted by molar-refractivity contribution is -0.113. The molecule has 0 saturated carbocycles. The summed E-state index contributed by atoms with van der Waals surface area (Å²) in [7, 11) is 1.58. The van der Waals surface area contributed by atoms with Crippen molar-refractivity contribution in [3.8, 4) is 17.6 Å². The Morgan fingerprint density at radius 3 is 2.56 bits per heavy atom. The third-order valence-corrected chi connectivity index (χ3v) is 8.38. The van der Waals surface area contributed by atoms with Gasteiger partial charge >= 0.3 is 0 Å². The van der Waals surface area contributed by atoms with E-state index in [9.17, 15) is 14.9 Å². The quantitative estimate of drug-likeness (QED) is 0.255. The van der Waals surface area contributed by atoms with E-state index in [1.807, 2.05) is 97.1 Å². The summed E-state index contributed by atoms with van der Waals surface area (Å²) in [6.07, 6.45) is 1.80. The number of nitrogens with zero attached hydrogens (tertiary/aromatic N) is 3. The van der Waals surface area contributed by atoms with Gasteiger partial charge in [0.1, 0.15) is 18.1 Å². The molecule has 1 aromatic heterocycles. The van der Waals surface area contributed by atoms with Crippen LogP contribution in [0.2, 0.25) is 0 Å². The number of anilines is 1. The maximum Gasteiger partial charge on any atom is 0.271 e. The first-order valence-corrected chi connectivity index (χ1v) is 15.0. The van der Waals surface area contributed by atoms with Gasteiger partial charge in [0.15, 0.2) is 4.80 Å². The Morgan fingerprint density at radius 2 is 1.76 bits per heavy atom. The highest BCUT2D eigenvalue weighted by Gasteiger charge is 2.32. The SMILES string of the molecule is COc1cccc([C@@H]2C(C(=O)Nc3ccccc3)=C(C)N=c3s/c(=C\c4cccc(OCc5ccccc5C#N)c4)c(=O)n32)c1. The van der Waals surface area contributed by atoms with Crippen LogP contribution in [-0.2, 0) is 11.4 Å². The Morgan fingerprint density at radius 1 is 1.00 bits per heavy atom. The van der Waals surface area contributed by atoms with Crippen LogP contribution in [0.3, 0.4) is 0 Å². The molecule has 5 aromatic rings. The lowest BCUT2D eigenvalue weighted by atomic mass is 9.95. The molecule has 0 radical (unpaired) electrons.